The van der Waals surface area contributed by atoms with Gasteiger partial charge in [0, 0.05) is 19.0 Å². The van der Waals surface area contributed by atoms with Crippen LogP contribution in [0.4, 0.5) is 0 Å². The van der Waals surface area contributed by atoms with Gasteiger partial charge in [0.2, 0.25) is 0 Å². The lowest BCUT2D eigenvalue weighted by Gasteiger charge is -2.14. The fourth-order valence-electron chi connectivity index (χ4n) is 2.74. The molecule has 0 aromatic heterocycles. The van der Waals surface area contributed by atoms with Crippen LogP contribution in [0.5, 0.6) is 23.0 Å². The second-order valence-electron chi connectivity index (χ2n) is 6.35. The molecule has 0 radical (unpaired) electrons. The Morgan fingerprint density at radius 2 is 1.70 bits per heavy atom. The Kier molecular flexibility index (Phi) is 7.59. The highest BCUT2D eigenvalue weighted by atomic mass is 32.2. The first-order valence-electron chi connectivity index (χ1n) is 9.31. The summed E-state index contributed by atoms with van der Waals surface area (Å²) in [4.78, 5) is 14.3. The van der Waals surface area contributed by atoms with Gasteiger partial charge in [0.15, 0.2) is 11.5 Å². The van der Waals surface area contributed by atoms with Gasteiger partial charge in [0.05, 0.1) is 32.3 Å². The van der Waals surface area contributed by atoms with Crippen LogP contribution in [0.1, 0.15) is 12.0 Å². The molecular weight excluding hydrogens is 422 g/mol. The van der Waals surface area contributed by atoms with Gasteiger partial charge in [-0.1, -0.05) is 36.1 Å². The van der Waals surface area contributed by atoms with Crippen molar-refractivity contribution in [1.29, 1.82) is 0 Å². The summed E-state index contributed by atoms with van der Waals surface area (Å²) < 4.78 is 22.8. The Bertz CT molecular complexity index is 943. The first kappa shape index (κ1) is 22.0. The first-order chi connectivity index (χ1) is 14.5. The Hall–Kier alpha value is -2.71. The van der Waals surface area contributed by atoms with Crippen molar-refractivity contribution in [1.82, 2.24) is 4.90 Å². The topological polar surface area (TPSA) is 57.2 Å². The molecular formula is C22H23NO5S2. The Labute approximate surface area is 185 Å². The Morgan fingerprint density at radius 1 is 1.00 bits per heavy atom. The van der Waals surface area contributed by atoms with Gasteiger partial charge in [-0.2, -0.15) is 0 Å². The van der Waals surface area contributed by atoms with Crippen LogP contribution in [0.25, 0.3) is 6.08 Å². The van der Waals surface area contributed by atoms with Crippen molar-refractivity contribution >= 4 is 40.3 Å². The molecule has 0 N–H and O–H groups in total. The highest BCUT2D eigenvalue weighted by Crippen LogP contribution is 2.37. The van der Waals surface area contributed by atoms with E-state index in [2.05, 4.69) is 0 Å². The van der Waals surface area contributed by atoms with Crippen molar-refractivity contribution in [2.24, 2.45) is 0 Å². The van der Waals surface area contributed by atoms with Gasteiger partial charge < -0.3 is 18.9 Å². The van der Waals surface area contributed by atoms with E-state index < -0.39 is 0 Å². The number of thiocarbonyl (C=S) groups is 1. The third-order valence-corrected chi connectivity index (χ3v) is 5.85. The van der Waals surface area contributed by atoms with E-state index in [1.807, 2.05) is 42.5 Å². The number of ether oxygens (including phenoxy) is 4. The van der Waals surface area contributed by atoms with Crippen LogP contribution in [0, 0.1) is 0 Å². The number of para-hydroxylation sites is 1. The third-order valence-electron chi connectivity index (χ3n) is 4.37. The van der Waals surface area contributed by atoms with Crippen LogP contribution in [-0.2, 0) is 4.79 Å². The predicted molar refractivity (Wildman–Crippen MR) is 123 cm³/mol. The summed E-state index contributed by atoms with van der Waals surface area (Å²) in [6.45, 7) is 0.942. The maximum Gasteiger partial charge on any atom is 0.265 e. The molecule has 1 aliphatic heterocycles. The highest BCUT2D eigenvalue weighted by molar-refractivity contribution is 8.26. The number of carbonyl (C=O) groups excluding carboxylic acids is 1. The summed E-state index contributed by atoms with van der Waals surface area (Å²) >= 11 is 6.47. The number of amides is 1. The van der Waals surface area contributed by atoms with Crippen LogP contribution in [-0.4, -0.2) is 49.6 Å². The molecule has 2 aromatic carbocycles. The summed E-state index contributed by atoms with van der Waals surface area (Å²) in [6, 6.07) is 13.0. The number of hydrogen-bond donors (Lipinski definition) is 0. The van der Waals surface area contributed by atoms with Gasteiger partial charge >= 0.3 is 0 Å². The molecule has 0 unspecified atom stereocenters. The van der Waals surface area contributed by atoms with Crippen molar-refractivity contribution in [3.63, 3.8) is 0 Å². The average Bonchev–Trinajstić information content (AvgIpc) is 3.01. The van der Waals surface area contributed by atoms with Gasteiger partial charge in [0.1, 0.15) is 15.8 Å². The van der Waals surface area contributed by atoms with Gasteiger partial charge in [-0.3, -0.25) is 9.69 Å². The summed E-state index contributed by atoms with van der Waals surface area (Å²) in [7, 11) is 4.89. The highest BCUT2D eigenvalue weighted by Gasteiger charge is 2.29. The van der Waals surface area contributed by atoms with E-state index in [1.54, 1.807) is 27.3 Å². The molecule has 0 saturated carbocycles. The quantitative estimate of drug-likeness (QED) is 0.322. The van der Waals surface area contributed by atoms with Crippen molar-refractivity contribution < 1.29 is 23.7 Å². The Balaban J connectivity index is 1.62. The first-order valence-corrected chi connectivity index (χ1v) is 10.5. The SMILES string of the molecule is COc1ccc(OCCCOc2c(/C=C3\SC(=S)N(C)C3=O)cccc2OC)cc1. The molecule has 0 aliphatic carbocycles. The van der Waals surface area contributed by atoms with Crippen LogP contribution < -0.4 is 18.9 Å². The summed E-state index contributed by atoms with van der Waals surface area (Å²) in [6.07, 6.45) is 2.47. The van der Waals surface area contributed by atoms with E-state index in [1.165, 1.54) is 16.7 Å². The number of nitrogens with zero attached hydrogens (tertiary/aromatic N) is 1. The molecule has 1 aliphatic rings. The van der Waals surface area contributed by atoms with E-state index >= 15 is 0 Å². The van der Waals surface area contributed by atoms with Crippen molar-refractivity contribution in [2.75, 3.05) is 34.5 Å². The van der Waals surface area contributed by atoms with Gasteiger partial charge in [0.25, 0.3) is 5.91 Å². The standard InChI is InChI=1S/C22H23NO5S2/c1-23-21(24)19(30-22(23)29)14-15-6-4-7-18(26-3)20(15)28-13-5-12-27-17-10-8-16(25-2)9-11-17/h4,6-11,14H,5,12-13H2,1-3H3/b19-14-. The van der Waals surface area contributed by atoms with E-state index in [0.717, 1.165) is 17.1 Å². The molecule has 30 heavy (non-hydrogen) atoms. The molecule has 0 atom stereocenters. The lowest BCUT2D eigenvalue weighted by atomic mass is 10.1. The van der Waals surface area contributed by atoms with Gasteiger partial charge in [-0.25, -0.2) is 0 Å². The largest absolute Gasteiger partial charge is 0.497 e. The lowest BCUT2D eigenvalue weighted by Crippen LogP contribution is -2.22. The van der Waals surface area contributed by atoms with Crippen molar-refractivity contribution in [2.45, 2.75) is 6.42 Å². The minimum atomic E-state index is -0.119. The third kappa shape index (κ3) is 5.25. The molecule has 0 spiro atoms. The van der Waals surface area contributed by atoms with E-state index in [-0.39, 0.29) is 5.91 Å². The van der Waals surface area contributed by atoms with Crippen LogP contribution >= 0.6 is 24.0 Å². The molecule has 1 fully saturated rings. The predicted octanol–water partition coefficient (Wildman–Crippen LogP) is 4.38. The number of carbonyl (C=O) groups is 1. The smallest absolute Gasteiger partial charge is 0.265 e. The Morgan fingerprint density at radius 3 is 2.33 bits per heavy atom. The molecule has 158 valence electrons. The zero-order valence-electron chi connectivity index (χ0n) is 17.0. The van der Waals surface area contributed by atoms with E-state index in [0.29, 0.717) is 40.4 Å². The molecule has 2 aromatic rings. The van der Waals surface area contributed by atoms with Crippen LogP contribution in [0.15, 0.2) is 47.4 Å². The number of likely N-dealkylation sites (N-methyl/N-ethyl adjacent to an activating group) is 1. The molecule has 1 heterocycles. The zero-order chi connectivity index (χ0) is 21.5. The van der Waals surface area contributed by atoms with E-state index in [9.17, 15) is 4.79 Å². The summed E-state index contributed by atoms with van der Waals surface area (Å²) in [5.74, 6) is 2.63. The minimum Gasteiger partial charge on any atom is -0.497 e. The monoisotopic (exact) mass is 445 g/mol. The fraction of sp³-hybridized carbons (Fsp3) is 0.273. The number of rotatable bonds is 9. The minimum absolute atomic E-state index is 0.119. The molecule has 1 amide bonds. The normalized spacial score (nSPS) is 14.9. The van der Waals surface area contributed by atoms with Crippen LogP contribution in [0.2, 0.25) is 0 Å². The number of hydrogen-bond acceptors (Lipinski definition) is 7. The van der Waals surface area contributed by atoms with Crippen molar-refractivity contribution in [3.05, 3.63) is 52.9 Å². The molecule has 1 saturated heterocycles. The molecule has 0 bridgehead atoms. The van der Waals surface area contributed by atoms with Gasteiger partial charge in [-0.05, 0) is 36.4 Å². The molecule has 8 heteroatoms. The summed E-state index contributed by atoms with van der Waals surface area (Å²) in [5.41, 5.74) is 0.763. The van der Waals surface area contributed by atoms with E-state index in [4.69, 9.17) is 31.2 Å². The number of benzene rings is 2. The number of methoxy groups -OCH3 is 2. The number of thioether (sulfide) groups is 1. The maximum absolute atomic E-state index is 12.3. The van der Waals surface area contributed by atoms with Gasteiger partial charge in [-0.15, -0.1) is 0 Å². The lowest BCUT2D eigenvalue weighted by molar-refractivity contribution is -0.121. The summed E-state index contributed by atoms with van der Waals surface area (Å²) in [5, 5.41) is 0. The van der Waals surface area contributed by atoms with Crippen molar-refractivity contribution in [3.8, 4) is 23.0 Å². The molecule has 3 rings (SSSR count). The second kappa shape index (κ2) is 10.4. The second-order valence-corrected chi connectivity index (χ2v) is 8.02. The average molecular weight is 446 g/mol. The van der Waals surface area contributed by atoms with Crippen LogP contribution in [0.3, 0.4) is 0 Å². The maximum atomic E-state index is 12.3. The fourth-order valence-corrected chi connectivity index (χ4v) is 3.91. The zero-order valence-corrected chi connectivity index (χ0v) is 18.7. The molecule has 6 nitrogen and oxygen atoms in total.